The minimum atomic E-state index is 0.199. The van der Waals surface area contributed by atoms with E-state index in [2.05, 4.69) is 24.2 Å². The highest BCUT2D eigenvalue weighted by Gasteiger charge is 2.23. The van der Waals surface area contributed by atoms with Gasteiger partial charge in [0.25, 0.3) is 0 Å². The third-order valence-corrected chi connectivity index (χ3v) is 4.19. The molecule has 1 rings (SSSR count). The molecular weight excluding hydrogens is 236 g/mol. The average Bonchev–Trinajstić information content (AvgIpc) is 2.28. The summed E-state index contributed by atoms with van der Waals surface area (Å²) in [5.74, 6) is 0. The number of hydrogen-bond donors (Lipinski definition) is 1. The maximum atomic E-state index is 5.87. The van der Waals surface area contributed by atoms with Crippen LogP contribution in [0, 0.1) is 0 Å². The first kappa shape index (κ1) is 14.8. The lowest BCUT2D eigenvalue weighted by Gasteiger charge is -2.28. The van der Waals surface area contributed by atoms with Crippen molar-refractivity contribution in [2.45, 2.75) is 50.6 Å². The van der Waals surface area contributed by atoms with Gasteiger partial charge in [0, 0.05) is 12.4 Å². The third-order valence-electron chi connectivity index (χ3n) is 3.01. The number of aliphatic imine (C=N–C) groups is 1. The smallest absolute Gasteiger partial charge is 0.247 e. The Hall–Kier alpha value is -0.260. The topological polar surface area (TPSA) is 42.9 Å². The molecule has 0 spiro atoms. The van der Waals surface area contributed by atoms with E-state index in [1.165, 1.54) is 6.42 Å². The molecule has 1 fully saturated rings. The van der Waals surface area contributed by atoms with Gasteiger partial charge in [-0.05, 0) is 33.2 Å². The summed E-state index contributed by atoms with van der Waals surface area (Å²) in [4.78, 5) is 4.41. The van der Waals surface area contributed by atoms with Gasteiger partial charge in [-0.15, -0.1) is 0 Å². The zero-order valence-electron chi connectivity index (χ0n) is 11.2. The van der Waals surface area contributed by atoms with Crippen LogP contribution in [0.2, 0.25) is 0 Å². The van der Waals surface area contributed by atoms with Crippen LogP contribution in [0.5, 0.6) is 0 Å². The van der Waals surface area contributed by atoms with E-state index in [0.717, 1.165) is 18.1 Å². The predicted octanol–water partition coefficient (Wildman–Crippen LogP) is 2.25. The number of nitrogens with one attached hydrogen (secondary N) is 1. The van der Waals surface area contributed by atoms with E-state index >= 15 is 0 Å². The largest absolute Gasteiger partial charge is 0.470 e. The molecule has 4 nitrogen and oxygen atoms in total. The Morgan fingerprint density at radius 1 is 1.47 bits per heavy atom. The van der Waals surface area contributed by atoms with Gasteiger partial charge in [0.15, 0.2) is 0 Å². The summed E-state index contributed by atoms with van der Waals surface area (Å²) in [7, 11) is 3.62. The van der Waals surface area contributed by atoms with Crippen molar-refractivity contribution >= 4 is 17.0 Å². The minimum Gasteiger partial charge on any atom is -0.470 e. The van der Waals surface area contributed by atoms with E-state index in [1.54, 1.807) is 18.9 Å². The Labute approximate surface area is 109 Å². The Balaban J connectivity index is 2.43. The zero-order chi connectivity index (χ0) is 12.7. The lowest BCUT2D eigenvalue weighted by atomic mass is 9.96. The Kier molecular flexibility index (Phi) is 6.92. The first-order valence-electron chi connectivity index (χ1n) is 6.22. The molecule has 0 aromatic heterocycles. The molecule has 2 atom stereocenters. The molecule has 0 saturated heterocycles. The van der Waals surface area contributed by atoms with Crippen LogP contribution in [0.1, 0.15) is 33.1 Å². The van der Waals surface area contributed by atoms with Crippen LogP contribution in [0.3, 0.4) is 0 Å². The third kappa shape index (κ3) is 5.27. The molecule has 0 amide bonds. The highest BCUT2D eigenvalue weighted by Crippen LogP contribution is 2.26. The van der Waals surface area contributed by atoms with Gasteiger partial charge in [0.2, 0.25) is 5.23 Å². The van der Waals surface area contributed by atoms with Gasteiger partial charge in [0.05, 0.1) is 12.8 Å². The molecular formula is C12H24N2O2S. The van der Waals surface area contributed by atoms with Crippen molar-refractivity contribution in [1.29, 1.82) is 0 Å². The van der Waals surface area contributed by atoms with Gasteiger partial charge in [-0.3, -0.25) is 0 Å². The molecule has 17 heavy (non-hydrogen) atoms. The predicted molar refractivity (Wildman–Crippen MR) is 73.6 cm³/mol. The second-order valence-corrected chi connectivity index (χ2v) is 5.70. The second-order valence-electron chi connectivity index (χ2n) is 4.37. The summed E-state index contributed by atoms with van der Waals surface area (Å²) in [6.07, 6.45) is 4.17. The van der Waals surface area contributed by atoms with E-state index in [1.807, 2.05) is 7.05 Å². The van der Waals surface area contributed by atoms with Gasteiger partial charge in [-0.25, -0.2) is 4.99 Å². The molecule has 1 saturated carbocycles. The van der Waals surface area contributed by atoms with Crippen molar-refractivity contribution in [3.63, 3.8) is 0 Å². The molecule has 1 unspecified atom stereocenters. The van der Waals surface area contributed by atoms with E-state index in [-0.39, 0.29) is 6.10 Å². The summed E-state index contributed by atoms with van der Waals surface area (Å²) in [5.41, 5.74) is 0. The van der Waals surface area contributed by atoms with Gasteiger partial charge in [0.1, 0.15) is 6.10 Å². The molecule has 0 heterocycles. The molecule has 1 aliphatic rings. The van der Waals surface area contributed by atoms with E-state index in [4.69, 9.17) is 9.47 Å². The van der Waals surface area contributed by atoms with E-state index < -0.39 is 0 Å². The van der Waals surface area contributed by atoms with Crippen LogP contribution in [-0.2, 0) is 9.47 Å². The molecule has 5 heteroatoms. The second kappa shape index (κ2) is 7.95. The van der Waals surface area contributed by atoms with Gasteiger partial charge < -0.3 is 14.8 Å². The molecule has 0 radical (unpaired) electrons. The molecule has 1 aliphatic carbocycles. The average molecular weight is 260 g/mol. The van der Waals surface area contributed by atoms with Gasteiger partial charge >= 0.3 is 0 Å². The lowest BCUT2D eigenvalue weighted by molar-refractivity contribution is 0.111. The molecule has 0 aliphatic heterocycles. The van der Waals surface area contributed by atoms with Crippen molar-refractivity contribution in [3.05, 3.63) is 0 Å². The maximum absolute atomic E-state index is 5.87. The van der Waals surface area contributed by atoms with Crippen molar-refractivity contribution in [2.75, 3.05) is 20.8 Å². The van der Waals surface area contributed by atoms with Crippen LogP contribution in [0.4, 0.5) is 0 Å². The van der Waals surface area contributed by atoms with Crippen molar-refractivity contribution in [3.8, 4) is 0 Å². The number of rotatable bonds is 6. The maximum Gasteiger partial charge on any atom is 0.247 e. The van der Waals surface area contributed by atoms with Crippen LogP contribution in [0.15, 0.2) is 4.99 Å². The first-order valence-corrected chi connectivity index (χ1v) is 7.10. The number of thioether (sulfide) groups is 1. The number of methoxy groups -OCH3 is 1. The first-order chi connectivity index (χ1) is 8.17. The number of hydrogen-bond acceptors (Lipinski definition) is 5. The fraction of sp³-hybridized carbons (Fsp3) is 0.917. The Morgan fingerprint density at radius 3 is 2.65 bits per heavy atom. The van der Waals surface area contributed by atoms with Crippen molar-refractivity contribution in [2.24, 2.45) is 4.99 Å². The SMILES string of the molecule is CNC/N=C(/OC1CCC1)SC(C)[C@H](C)OC. The highest BCUT2D eigenvalue weighted by molar-refractivity contribution is 8.14. The number of ether oxygens (including phenoxy) is 2. The molecule has 0 aromatic rings. The monoisotopic (exact) mass is 260 g/mol. The summed E-state index contributed by atoms with van der Waals surface area (Å²) in [6.45, 7) is 4.80. The van der Waals surface area contributed by atoms with E-state index in [0.29, 0.717) is 18.0 Å². The number of nitrogens with zero attached hydrogens (tertiary/aromatic N) is 1. The van der Waals surface area contributed by atoms with Crippen molar-refractivity contribution in [1.82, 2.24) is 5.32 Å². The van der Waals surface area contributed by atoms with E-state index in [9.17, 15) is 0 Å². The van der Waals surface area contributed by atoms with Gasteiger partial charge in [-0.2, -0.15) is 0 Å². The zero-order valence-corrected chi connectivity index (χ0v) is 12.0. The van der Waals surface area contributed by atoms with Crippen LogP contribution in [0.25, 0.3) is 0 Å². The van der Waals surface area contributed by atoms with Crippen molar-refractivity contribution < 1.29 is 9.47 Å². The fourth-order valence-electron chi connectivity index (χ4n) is 1.32. The quantitative estimate of drug-likeness (QED) is 0.587. The minimum absolute atomic E-state index is 0.199. The summed E-state index contributed by atoms with van der Waals surface area (Å²) < 4.78 is 11.2. The fourth-order valence-corrected chi connectivity index (χ4v) is 2.28. The van der Waals surface area contributed by atoms with Crippen LogP contribution in [-0.4, -0.2) is 43.5 Å². The highest BCUT2D eigenvalue weighted by atomic mass is 32.2. The molecule has 0 aromatic carbocycles. The Bertz CT molecular complexity index is 245. The van der Waals surface area contributed by atoms with Gasteiger partial charge in [-0.1, -0.05) is 18.7 Å². The van der Waals surface area contributed by atoms with Crippen LogP contribution < -0.4 is 5.32 Å². The van der Waals surface area contributed by atoms with Crippen LogP contribution >= 0.6 is 11.8 Å². The summed E-state index contributed by atoms with van der Waals surface area (Å²) in [6, 6.07) is 0. The normalized spacial score (nSPS) is 20.8. The Morgan fingerprint density at radius 2 is 2.18 bits per heavy atom. The lowest BCUT2D eigenvalue weighted by Crippen LogP contribution is -2.27. The summed E-state index contributed by atoms with van der Waals surface area (Å²) in [5, 5.41) is 4.15. The summed E-state index contributed by atoms with van der Waals surface area (Å²) >= 11 is 1.66. The molecule has 100 valence electrons. The molecule has 0 bridgehead atoms. The molecule has 1 N–H and O–H groups in total. The standard InChI is InChI=1S/C12H24N2O2S/c1-9(15-4)10(2)17-12(14-8-13-3)16-11-6-5-7-11/h9-11,13H,5-8H2,1-4H3/b14-12-/t9-,10?/m0/s1.